The molecule has 2 rings (SSSR count). The molecule has 132 valence electrons. The zero-order valence-corrected chi connectivity index (χ0v) is 14.5. The van der Waals surface area contributed by atoms with Crippen LogP contribution < -0.4 is 10.5 Å². The third kappa shape index (κ3) is 7.34. The van der Waals surface area contributed by atoms with E-state index in [0.717, 1.165) is 31.6 Å². The Morgan fingerprint density at radius 1 is 1.29 bits per heavy atom. The predicted octanol–water partition coefficient (Wildman–Crippen LogP) is 1.27. The lowest BCUT2D eigenvalue weighted by atomic mass is 10.1. The van der Waals surface area contributed by atoms with Crippen molar-refractivity contribution >= 4 is 13.7 Å². The molecule has 1 atom stereocenters. The van der Waals surface area contributed by atoms with E-state index < -0.39 is 0 Å². The average molecular weight is 333 g/mol. The van der Waals surface area contributed by atoms with Gasteiger partial charge in [-0.3, -0.25) is 0 Å². The first-order valence-corrected chi connectivity index (χ1v) is 8.67. The highest BCUT2D eigenvalue weighted by atomic mass is 16.5. The molecule has 1 aromatic rings. The van der Waals surface area contributed by atoms with Crippen LogP contribution in [-0.4, -0.2) is 57.9 Å². The van der Waals surface area contributed by atoms with Gasteiger partial charge in [-0.05, 0) is 44.0 Å². The number of likely N-dealkylation sites (tertiary alicyclic amines) is 1. The number of hydrogen-bond donors (Lipinski definition) is 2. The number of carbonyl (C=O) groups is 1. The van der Waals surface area contributed by atoms with Crippen LogP contribution in [0.5, 0.6) is 0 Å². The van der Waals surface area contributed by atoms with Crippen LogP contribution in [-0.2, 0) is 16.0 Å². The van der Waals surface area contributed by atoms with Crippen LogP contribution in [0.15, 0.2) is 30.3 Å². The second-order valence-electron chi connectivity index (χ2n) is 6.10. The van der Waals surface area contributed by atoms with Crippen LogP contribution in [0, 0.1) is 0 Å². The number of nitrogens with zero attached hydrogens (tertiary/aromatic N) is 1. The molecule has 0 radical (unpaired) electrons. The minimum absolute atomic E-state index is 0.309. The van der Waals surface area contributed by atoms with E-state index in [4.69, 9.17) is 9.39 Å². The van der Waals surface area contributed by atoms with Crippen LogP contribution in [0.4, 0.5) is 4.79 Å². The summed E-state index contributed by atoms with van der Waals surface area (Å²) in [6.45, 7) is 3.90. The van der Waals surface area contributed by atoms with Crippen molar-refractivity contribution in [2.24, 2.45) is 0 Å². The Morgan fingerprint density at radius 2 is 2.12 bits per heavy atom. The molecule has 0 spiro atoms. The Kier molecular flexibility index (Phi) is 8.66. The van der Waals surface area contributed by atoms with Gasteiger partial charge in [-0.15, -0.1) is 0 Å². The van der Waals surface area contributed by atoms with Crippen LogP contribution in [0.2, 0.25) is 0 Å². The van der Waals surface area contributed by atoms with Crippen molar-refractivity contribution in [3.8, 4) is 0 Å². The molecule has 0 aromatic heterocycles. The number of ether oxygens (including phenoxy) is 1. The maximum Gasteiger partial charge on any atom is 0.407 e. The molecule has 0 unspecified atom stereocenters. The summed E-state index contributed by atoms with van der Waals surface area (Å²) in [6, 6.07) is 10.2. The molecule has 1 aliphatic heterocycles. The van der Waals surface area contributed by atoms with Gasteiger partial charge in [0.2, 0.25) is 0 Å². The molecule has 0 saturated carbocycles. The molecule has 1 saturated heterocycles. The van der Waals surface area contributed by atoms with Crippen LogP contribution in [0.25, 0.3) is 0 Å². The standard InChI is InChI=1S/C17H28BN3O3/c1-23-18-20-16-8-5-11-21(12-9-16)13-10-19-17(22)24-14-15-6-3-2-4-7-15/h2-4,6-7,16,18,20H,5,8-14H2,1H3,(H,19,22)/t16-/m0/s1. The fourth-order valence-corrected chi connectivity index (χ4v) is 2.87. The van der Waals surface area contributed by atoms with Crippen molar-refractivity contribution in [3.63, 3.8) is 0 Å². The number of benzene rings is 1. The monoisotopic (exact) mass is 333 g/mol. The molecule has 1 amide bonds. The highest BCUT2D eigenvalue weighted by molar-refractivity contribution is 6.23. The molecular weight excluding hydrogens is 305 g/mol. The minimum atomic E-state index is -0.353. The third-order valence-electron chi connectivity index (χ3n) is 4.25. The SMILES string of the molecule is COBN[C@H]1CCCN(CCNC(=O)OCc2ccccc2)CC1. The van der Waals surface area contributed by atoms with Gasteiger partial charge in [0, 0.05) is 20.2 Å². The maximum absolute atomic E-state index is 11.7. The van der Waals surface area contributed by atoms with Crippen molar-refractivity contribution < 1.29 is 14.2 Å². The van der Waals surface area contributed by atoms with E-state index in [0.29, 0.717) is 26.8 Å². The molecular formula is C17H28BN3O3. The summed E-state index contributed by atoms with van der Waals surface area (Å²) in [6.07, 6.45) is 3.10. The molecule has 7 heteroatoms. The number of rotatable bonds is 8. The van der Waals surface area contributed by atoms with Gasteiger partial charge in [0.15, 0.2) is 0 Å². The molecule has 24 heavy (non-hydrogen) atoms. The quantitative estimate of drug-likeness (QED) is 0.702. The first-order chi connectivity index (χ1) is 11.8. The largest absolute Gasteiger partial charge is 0.445 e. The molecule has 1 heterocycles. The van der Waals surface area contributed by atoms with Crippen molar-refractivity contribution in [3.05, 3.63) is 35.9 Å². The second-order valence-corrected chi connectivity index (χ2v) is 6.10. The summed E-state index contributed by atoms with van der Waals surface area (Å²) < 4.78 is 10.3. The van der Waals surface area contributed by atoms with Crippen LogP contribution >= 0.6 is 0 Å². The Morgan fingerprint density at radius 3 is 2.92 bits per heavy atom. The van der Waals surface area contributed by atoms with Gasteiger partial charge in [-0.2, -0.15) is 0 Å². The zero-order valence-electron chi connectivity index (χ0n) is 14.5. The van der Waals surface area contributed by atoms with Gasteiger partial charge >= 0.3 is 13.7 Å². The molecule has 0 bridgehead atoms. The smallest absolute Gasteiger partial charge is 0.407 e. The topological polar surface area (TPSA) is 62.8 Å². The van der Waals surface area contributed by atoms with Gasteiger partial charge in [0.1, 0.15) is 6.61 Å². The van der Waals surface area contributed by atoms with Crippen LogP contribution in [0.1, 0.15) is 24.8 Å². The van der Waals surface area contributed by atoms with Gasteiger partial charge < -0.3 is 24.8 Å². The molecule has 1 fully saturated rings. The second kappa shape index (κ2) is 11.1. The molecule has 1 aliphatic rings. The summed E-state index contributed by atoms with van der Waals surface area (Å²) in [5, 5.41) is 6.23. The number of alkyl carbamates (subject to hydrolysis) is 1. The highest BCUT2D eigenvalue weighted by Gasteiger charge is 2.16. The summed E-state index contributed by atoms with van der Waals surface area (Å²) in [7, 11) is 2.32. The number of hydrogen-bond acceptors (Lipinski definition) is 5. The molecule has 1 aromatic carbocycles. The fourth-order valence-electron chi connectivity index (χ4n) is 2.87. The summed E-state index contributed by atoms with van der Waals surface area (Å²) >= 11 is 0. The highest BCUT2D eigenvalue weighted by Crippen LogP contribution is 2.10. The van der Waals surface area contributed by atoms with Crippen molar-refractivity contribution in [2.75, 3.05) is 33.3 Å². The lowest BCUT2D eigenvalue weighted by Gasteiger charge is -2.20. The Labute approximate surface area is 145 Å². The van der Waals surface area contributed by atoms with Crippen LogP contribution in [0.3, 0.4) is 0 Å². The predicted molar refractivity (Wildman–Crippen MR) is 96.0 cm³/mol. The van der Waals surface area contributed by atoms with E-state index in [1.165, 1.54) is 12.8 Å². The van der Waals surface area contributed by atoms with Gasteiger partial charge in [-0.1, -0.05) is 30.3 Å². The van der Waals surface area contributed by atoms with E-state index >= 15 is 0 Å². The van der Waals surface area contributed by atoms with Gasteiger partial charge in [-0.25, -0.2) is 4.79 Å². The number of amides is 1. The van der Waals surface area contributed by atoms with Gasteiger partial charge in [0.25, 0.3) is 0 Å². The Bertz CT molecular complexity index is 475. The first kappa shape index (κ1) is 18.8. The lowest BCUT2D eigenvalue weighted by molar-refractivity contribution is 0.138. The fraction of sp³-hybridized carbons (Fsp3) is 0.588. The summed E-state index contributed by atoms with van der Waals surface area (Å²) in [5.41, 5.74) is 0.995. The molecule has 6 nitrogen and oxygen atoms in total. The van der Waals surface area contributed by atoms with E-state index in [1.54, 1.807) is 7.11 Å². The van der Waals surface area contributed by atoms with Crippen molar-refractivity contribution in [1.29, 1.82) is 0 Å². The first-order valence-electron chi connectivity index (χ1n) is 8.67. The van der Waals surface area contributed by atoms with E-state index in [2.05, 4.69) is 15.4 Å². The zero-order chi connectivity index (χ0) is 17.0. The Hall–Kier alpha value is -1.57. The third-order valence-corrected chi connectivity index (χ3v) is 4.25. The van der Waals surface area contributed by atoms with Gasteiger partial charge in [0.05, 0.1) is 0 Å². The normalized spacial score (nSPS) is 18.6. The van der Waals surface area contributed by atoms with E-state index in [-0.39, 0.29) is 6.09 Å². The number of nitrogens with one attached hydrogen (secondary N) is 2. The van der Waals surface area contributed by atoms with E-state index in [9.17, 15) is 4.79 Å². The Balaban J connectivity index is 1.57. The minimum Gasteiger partial charge on any atom is -0.445 e. The summed E-state index contributed by atoms with van der Waals surface area (Å²) in [4.78, 5) is 14.1. The van der Waals surface area contributed by atoms with E-state index in [1.807, 2.05) is 30.3 Å². The summed E-state index contributed by atoms with van der Waals surface area (Å²) in [5.74, 6) is 0. The molecule has 2 N–H and O–H groups in total. The lowest BCUT2D eigenvalue weighted by Crippen LogP contribution is -2.37. The van der Waals surface area contributed by atoms with Crippen molar-refractivity contribution in [2.45, 2.75) is 31.9 Å². The maximum atomic E-state index is 11.7. The molecule has 0 aliphatic carbocycles. The average Bonchev–Trinajstić information content (AvgIpc) is 2.84. The number of carbonyl (C=O) groups excluding carboxylic acids is 1. The van der Waals surface area contributed by atoms with Crippen molar-refractivity contribution in [1.82, 2.24) is 15.4 Å².